The monoisotopic (exact) mass is 354 g/mol. The van der Waals surface area contributed by atoms with E-state index in [0.717, 1.165) is 12.8 Å². The van der Waals surface area contributed by atoms with Crippen LogP contribution < -0.4 is 0 Å². The van der Waals surface area contributed by atoms with Crippen LogP contribution in [0.4, 0.5) is 0 Å². The standard InChI is InChI=1S/C20H34O5/c1-2-3-4-5-6-10-13-18(22)19(23)16-15-17(21)12-9-7-8-11-14-20(24)25/h6-7,9-10,15-19,21-23H,2-5,8,11-14H2,1H3,(H,24,25)/b9-7-,10-6-,16-15+. The van der Waals surface area contributed by atoms with Gasteiger partial charge in [0.25, 0.3) is 0 Å². The Morgan fingerprint density at radius 1 is 0.880 bits per heavy atom. The molecule has 0 radical (unpaired) electrons. The number of allylic oxidation sites excluding steroid dienone is 2. The van der Waals surface area contributed by atoms with Gasteiger partial charge in [0.05, 0.1) is 18.3 Å². The Morgan fingerprint density at radius 2 is 1.52 bits per heavy atom. The Kier molecular flexibility index (Phi) is 15.1. The number of aliphatic hydroxyl groups excluding tert-OH is 3. The minimum atomic E-state index is -1.01. The summed E-state index contributed by atoms with van der Waals surface area (Å²) in [5, 5.41) is 38.0. The first-order valence-electron chi connectivity index (χ1n) is 9.21. The normalized spacial score (nSPS) is 16.0. The predicted molar refractivity (Wildman–Crippen MR) is 100 cm³/mol. The van der Waals surface area contributed by atoms with E-state index in [9.17, 15) is 20.1 Å². The van der Waals surface area contributed by atoms with Crippen LogP contribution >= 0.6 is 0 Å². The first-order chi connectivity index (χ1) is 12.0. The van der Waals surface area contributed by atoms with Crippen LogP contribution in [0, 0.1) is 0 Å². The van der Waals surface area contributed by atoms with Gasteiger partial charge < -0.3 is 20.4 Å². The summed E-state index contributed by atoms with van der Waals surface area (Å²) in [4.78, 5) is 10.3. The van der Waals surface area contributed by atoms with Crippen molar-refractivity contribution < 1.29 is 25.2 Å². The minimum Gasteiger partial charge on any atom is -0.481 e. The molecule has 3 atom stereocenters. The van der Waals surface area contributed by atoms with Crippen molar-refractivity contribution in [2.75, 3.05) is 0 Å². The van der Waals surface area contributed by atoms with E-state index in [2.05, 4.69) is 6.92 Å². The lowest BCUT2D eigenvalue weighted by atomic mass is 10.1. The van der Waals surface area contributed by atoms with Crippen LogP contribution in [-0.2, 0) is 4.79 Å². The Hall–Kier alpha value is -1.43. The van der Waals surface area contributed by atoms with E-state index >= 15 is 0 Å². The van der Waals surface area contributed by atoms with E-state index in [1.165, 1.54) is 25.0 Å². The number of hydrogen-bond donors (Lipinski definition) is 4. The first-order valence-corrected chi connectivity index (χ1v) is 9.21. The molecule has 0 rings (SSSR count). The SMILES string of the molecule is CCCCC/C=C\CC(O)C(O)/C=C/C(O)C/C=C\CCCC(=O)O. The molecule has 25 heavy (non-hydrogen) atoms. The molecular weight excluding hydrogens is 320 g/mol. The number of carboxylic acid groups (broad SMARTS) is 1. The third-order valence-corrected chi connectivity index (χ3v) is 3.75. The van der Waals surface area contributed by atoms with Gasteiger partial charge in [0.2, 0.25) is 0 Å². The second-order valence-electron chi connectivity index (χ2n) is 6.21. The van der Waals surface area contributed by atoms with E-state index in [4.69, 9.17) is 5.11 Å². The molecule has 0 aromatic heterocycles. The van der Waals surface area contributed by atoms with E-state index in [1.54, 1.807) is 6.08 Å². The topological polar surface area (TPSA) is 98.0 Å². The van der Waals surface area contributed by atoms with Gasteiger partial charge in [-0.3, -0.25) is 4.79 Å². The van der Waals surface area contributed by atoms with Crippen molar-refractivity contribution in [1.82, 2.24) is 0 Å². The van der Waals surface area contributed by atoms with Gasteiger partial charge in [-0.2, -0.15) is 0 Å². The molecule has 0 aliphatic rings. The van der Waals surface area contributed by atoms with E-state index < -0.39 is 24.3 Å². The van der Waals surface area contributed by atoms with Gasteiger partial charge in [0.15, 0.2) is 0 Å². The summed E-state index contributed by atoms with van der Waals surface area (Å²) in [7, 11) is 0. The fourth-order valence-corrected chi connectivity index (χ4v) is 2.18. The first kappa shape index (κ1) is 23.6. The maximum absolute atomic E-state index is 10.3. The molecule has 3 unspecified atom stereocenters. The Morgan fingerprint density at radius 3 is 2.16 bits per heavy atom. The highest BCUT2D eigenvalue weighted by Crippen LogP contribution is 2.06. The van der Waals surface area contributed by atoms with Crippen LogP contribution in [0.5, 0.6) is 0 Å². The second-order valence-corrected chi connectivity index (χ2v) is 6.21. The number of carbonyl (C=O) groups is 1. The van der Waals surface area contributed by atoms with Crippen LogP contribution in [0.1, 0.15) is 64.7 Å². The molecule has 4 N–H and O–H groups in total. The van der Waals surface area contributed by atoms with Gasteiger partial charge in [0.1, 0.15) is 0 Å². The lowest BCUT2D eigenvalue weighted by Crippen LogP contribution is -2.23. The molecular formula is C20H34O5. The number of hydrogen-bond acceptors (Lipinski definition) is 4. The molecule has 0 saturated carbocycles. The van der Waals surface area contributed by atoms with Crippen LogP contribution in [-0.4, -0.2) is 44.7 Å². The van der Waals surface area contributed by atoms with Crippen molar-refractivity contribution in [2.24, 2.45) is 0 Å². The highest BCUT2D eigenvalue weighted by Gasteiger charge is 2.11. The van der Waals surface area contributed by atoms with Crippen LogP contribution in [0.15, 0.2) is 36.5 Å². The highest BCUT2D eigenvalue weighted by molar-refractivity contribution is 5.66. The van der Waals surface area contributed by atoms with Gasteiger partial charge in [0, 0.05) is 6.42 Å². The molecule has 0 aliphatic heterocycles. The molecule has 0 aromatic carbocycles. The number of unbranched alkanes of at least 4 members (excludes halogenated alkanes) is 4. The van der Waals surface area contributed by atoms with Crippen molar-refractivity contribution in [3.63, 3.8) is 0 Å². The second kappa shape index (κ2) is 16.1. The molecule has 0 heterocycles. The molecule has 0 spiro atoms. The summed E-state index contributed by atoms with van der Waals surface area (Å²) < 4.78 is 0. The zero-order chi connectivity index (χ0) is 18.9. The molecule has 0 bridgehead atoms. The van der Waals surface area contributed by atoms with Crippen molar-refractivity contribution in [2.45, 2.75) is 83.0 Å². The van der Waals surface area contributed by atoms with Gasteiger partial charge >= 0.3 is 5.97 Å². The lowest BCUT2D eigenvalue weighted by molar-refractivity contribution is -0.137. The molecule has 0 aliphatic carbocycles. The summed E-state index contributed by atoms with van der Waals surface area (Å²) in [6, 6.07) is 0. The van der Waals surface area contributed by atoms with Gasteiger partial charge in [-0.15, -0.1) is 0 Å². The molecule has 0 amide bonds. The Labute approximate surface area is 151 Å². The average molecular weight is 354 g/mol. The van der Waals surface area contributed by atoms with Crippen molar-refractivity contribution in [3.8, 4) is 0 Å². The quantitative estimate of drug-likeness (QED) is 0.267. The maximum Gasteiger partial charge on any atom is 0.303 e. The molecule has 0 saturated heterocycles. The molecule has 5 nitrogen and oxygen atoms in total. The molecule has 5 heteroatoms. The summed E-state index contributed by atoms with van der Waals surface area (Å²) >= 11 is 0. The Balaban J connectivity index is 3.91. The largest absolute Gasteiger partial charge is 0.481 e. The Bertz CT molecular complexity index is 414. The van der Waals surface area contributed by atoms with Crippen molar-refractivity contribution in [3.05, 3.63) is 36.5 Å². The van der Waals surface area contributed by atoms with Crippen molar-refractivity contribution >= 4 is 5.97 Å². The lowest BCUT2D eigenvalue weighted by Gasteiger charge is -2.13. The number of aliphatic carboxylic acids is 1. The molecule has 0 aromatic rings. The molecule has 0 fully saturated rings. The van der Waals surface area contributed by atoms with E-state index in [-0.39, 0.29) is 6.42 Å². The zero-order valence-corrected chi connectivity index (χ0v) is 15.3. The third kappa shape index (κ3) is 15.8. The third-order valence-electron chi connectivity index (χ3n) is 3.75. The smallest absolute Gasteiger partial charge is 0.303 e. The van der Waals surface area contributed by atoms with E-state index in [1.807, 2.05) is 18.2 Å². The van der Waals surface area contributed by atoms with Crippen molar-refractivity contribution in [1.29, 1.82) is 0 Å². The van der Waals surface area contributed by atoms with Crippen LogP contribution in [0.25, 0.3) is 0 Å². The summed E-state index contributed by atoms with van der Waals surface area (Å²) in [5.74, 6) is -0.806. The number of aliphatic hydroxyl groups is 3. The van der Waals surface area contributed by atoms with E-state index in [0.29, 0.717) is 25.7 Å². The number of carboxylic acids is 1. The predicted octanol–water partition coefficient (Wildman–Crippen LogP) is 3.35. The van der Waals surface area contributed by atoms with Crippen LogP contribution in [0.3, 0.4) is 0 Å². The molecule has 144 valence electrons. The number of rotatable bonds is 15. The minimum absolute atomic E-state index is 0.143. The fraction of sp³-hybridized carbons (Fsp3) is 0.650. The average Bonchev–Trinajstić information content (AvgIpc) is 2.58. The highest BCUT2D eigenvalue weighted by atomic mass is 16.4. The summed E-state index contributed by atoms with van der Waals surface area (Å²) in [6.07, 6.45) is 14.5. The van der Waals surface area contributed by atoms with Gasteiger partial charge in [-0.25, -0.2) is 0 Å². The van der Waals surface area contributed by atoms with Gasteiger partial charge in [-0.1, -0.05) is 56.2 Å². The zero-order valence-electron chi connectivity index (χ0n) is 15.3. The fourth-order valence-electron chi connectivity index (χ4n) is 2.18. The summed E-state index contributed by atoms with van der Waals surface area (Å²) in [6.45, 7) is 2.15. The summed E-state index contributed by atoms with van der Waals surface area (Å²) in [5.41, 5.74) is 0. The van der Waals surface area contributed by atoms with Gasteiger partial charge in [-0.05, 0) is 38.5 Å². The maximum atomic E-state index is 10.3. The van der Waals surface area contributed by atoms with Crippen LogP contribution in [0.2, 0.25) is 0 Å².